The second kappa shape index (κ2) is 6.04. The van der Waals surface area contributed by atoms with Gasteiger partial charge in [-0.25, -0.2) is 0 Å². The molecule has 0 heterocycles. The number of benzene rings is 2. The maximum absolute atomic E-state index is 12.2. The molecule has 0 saturated heterocycles. The first kappa shape index (κ1) is 15.2. The number of rotatable bonds is 4. The molecule has 0 aliphatic rings. The van der Waals surface area contributed by atoms with E-state index in [1.54, 1.807) is 13.0 Å². The van der Waals surface area contributed by atoms with Crippen molar-refractivity contribution >= 4 is 23.3 Å². The Bertz CT molecular complexity index is 770. The number of carbonyl (C=O) groups excluding carboxylic acids is 2. The topological polar surface area (TPSA) is 112 Å². The van der Waals surface area contributed by atoms with E-state index < -0.39 is 16.8 Å². The van der Waals surface area contributed by atoms with Crippen LogP contribution < -0.4 is 10.4 Å². The van der Waals surface area contributed by atoms with E-state index in [0.29, 0.717) is 5.56 Å². The lowest BCUT2D eigenvalue weighted by atomic mass is 10.1. The van der Waals surface area contributed by atoms with Crippen molar-refractivity contribution < 1.29 is 19.6 Å². The molecule has 0 aliphatic carbocycles. The van der Waals surface area contributed by atoms with Crippen LogP contribution >= 0.6 is 0 Å². The van der Waals surface area contributed by atoms with Crippen molar-refractivity contribution in [3.8, 4) is 0 Å². The number of aromatic carboxylic acids is 1. The van der Waals surface area contributed by atoms with E-state index in [1.165, 1.54) is 36.4 Å². The molecule has 0 bridgehead atoms. The van der Waals surface area contributed by atoms with E-state index in [2.05, 4.69) is 5.32 Å². The van der Waals surface area contributed by atoms with Gasteiger partial charge in [0, 0.05) is 17.2 Å². The van der Waals surface area contributed by atoms with Crippen molar-refractivity contribution in [1.82, 2.24) is 0 Å². The van der Waals surface area contributed by atoms with Crippen molar-refractivity contribution in [1.29, 1.82) is 0 Å². The second-order valence-electron chi connectivity index (χ2n) is 4.56. The number of hydrogen-bond acceptors (Lipinski definition) is 5. The van der Waals surface area contributed by atoms with Crippen molar-refractivity contribution in [3.63, 3.8) is 0 Å². The number of nitro benzene ring substituents is 1. The van der Waals surface area contributed by atoms with Gasteiger partial charge in [0.1, 0.15) is 5.69 Å². The van der Waals surface area contributed by atoms with Gasteiger partial charge in [0.15, 0.2) is 0 Å². The summed E-state index contributed by atoms with van der Waals surface area (Å²) in [5.41, 5.74) is -0.0139. The predicted octanol–water partition coefficient (Wildman–Crippen LogP) is 1.52. The molecule has 0 fully saturated rings. The fraction of sp³-hybridized carbons (Fsp3) is 0.0667. The molecule has 22 heavy (non-hydrogen) atoms. The Kier molecular flexibility index (Phi) is 4.17. The van der Waals surface area contributed by atoms with Gasteiger partial charge in [0.2, 0.25) is 0 Å². The average Bonchev–Trinajstić information content (AvgIpc) is 2.48. The molecule has 0 atom stereocenters. The molecule has 1 amide bonds. The molecular weight excluding hydrogens is 288 g/mol. The number of aryl methyl sites for hydroxylation is 1. The van der Waals surface area contributed by atoms with Gasteiger partial charge in [0.25, 0.3) is 11.6 Å². The molecule has 0 radical (unpaired) electrons. The fourth-order valence-electron chi connectivity index (χ4n) is 1.95. The van der Waals surface area contributed by atoms with Gasteiger partial charge in [-0.2, -0.15) is 0 Å². The zero-order valence-corrected chi connectivity index (χ0v) is 11.5. The number of carboxylic acids is 1. The Labute approximate surface area is 125 Å². The SMILES string of the molecule is Cc1ccc(NC(=O)c2ccccc2C(=O)[O-])c([N+](=O)[O-])c1. The molecule has 0 spiro atoms. The zero-order chi connectivity index (χ0) is 16.3. The van der Waals surface area contributed by atoms with E-state index >= 15 is 0 Å². The highest BCUT2D eigenvalue weighted by molar-refractivity contribution is 6.11. The van der Waals surface area contributed by atoms with Gasteiger partial charge in [-0.1, -0.05) is 24.3 Å². The number of carbonyl (C=O) groups is 2. The van der Waals surface area contributed by atoms with Gasteiger partial charge in [0.05, 0.1) is 10.9 Å². The highest BCUT2D eigenvalue weighted by Crippen LogP contribution is 2.26. The van der Waals surface area contributed by atoms with Crippen molar-refractivity contribution in [2.75, 3.05) is 5.32 Å². The standard InChI is InChI=1S/C15H12N2O5/c1-9-6-7-12(13(8-9)17(21)22)16-14(18)10-4-2-3-5-11(10)15(19)20/h2-8H,1H3,(H,16,18)(H,19,20)/p-1. The highest BCUT2D eigenvalue weighted by Gasteiger charge is 2.18. The number of anilines is 1. The third-order valence-electron chi connectivity index (χ3n) is 2.99. The van der Waals surface area contributed by atoms with Crippen molar-refractivity contribution in [2.45, 2.75) is 6.92 Å². The van der Waals surface area contributed by atoms with Crippen LogP contribution in [0.2, 0.25) is 0 Å². The van der Waals surface area contributed by atoms with Gasteiger partial charge >= 0.3 is 0 Å². The number of hydrogen-bond donors (Lipinski definition) is 1. The Morgan fingerprint density at radius 3 is 2.32 bits per heavy atom. The maximum Gasteiger partial charge on any atom is 0.293 e. The van der Waals surface area contributed by atoms with Crippen LogP contribution in [0.3, 0.4) is 0 Å². The van der Waals surface area contributed by atoms with Crippen LogP contribution in [0.15, 0.2) is 42.5 Å². The minimum Gasteiger partial charge on any atom is -0.545 e. The number of nitro groups is 1. The van der Waals surface area contributed by atoms with Gasteiger partial charge in [-0.15, -0.1) is 0 Å². The van der Waals surface area contributed by atoms with Crippen LogP contribution in [-0.4, -0.2) is 16.8 Å². The lowest BCUT2D eigenvalue weighted by Gasteiger charge is -2.11. The molecule has 2 aromatic carbocycles. The third kappa shape index (κ3) is 3.09. The van der Waals surface area contributed by atoms with Crippen LogP contribution in [0.1, 0.15) is 26.3 Å². The molecule has 0 saturated carbocycles. The van der Waals surface area contributed by atoms with Crippen LogP contribution in [0.5, 0.6) is 0 Å². The summed E-state index contributed by atoms with van der Waals surface area (Å²) in [5.74, 6) is -2.25. The molecule has 0 unspecified atom stereocenters. The van der Waals surface area contributed by atoms with Crippen LogP contribution in [0.25, 0.3) is 0 Å². The molecule has 2 rings (SSSR count). The second-order valence-corrected chi connectivity index (χ2v) is 4.56. The number of nitrogens with one attached hydrogen (secondary N) is 1. The number of carboxylic acid groups (broad SMARTS) is 1. The zero-order valence-electron chi connectivity index (χ0n) is 11.5. The Morgan fingerprint density at radius 2 is 1.73 bits per heavy atom. The lowest BCUT2D eigenvalue weighted by molar-refractivity contribution is -0.384. The smallest absolute Gasteiger partial charge is 0.293 e. The minimum absolute atomic E-state index is 0.00579. The molecule has 2 aromatic rings. The van der Waals surface area contributed by atoms with Crippen LogP contribution in [0, 0.1) is 17.0 Å². The maximum atomic E-state index is 12.2. The molecule has 7 nitrogen and oxygen atoms in total. The van der Waals surface area contributed by atoms with Gasteiger partial charge in [-0.3, -0.25) is 14.9 Å². The summed E-state index contributed by atoms with van der Waals surface area (Å²) in [5, 5.41) is 24.4. The van der Waals surface area contributed by atoms with Crippen molar-refractivity contribution in [3.05, 3.63) is 69.3 Å². The molecule has 0 aromatic heterocycles. The predicted molar refractivity (Wildman–Crippen MR) is 76.6 cm³/mol. The third-order valence-corrected chi connectivity index (χ3v) is 2.99. The normalized spacial score (nSPS) is 10.0. The number of nitrogens with zero attached hydrogens (tertiary/aromatic N) is 1. The summed E-state index contributed by atoms with van der Waals surface area (Å²) >= 11 is 0. The lowest BCUT2D eigenvalue weighted by Crippen LogP contribution is -2.26. The Morgan fingerprint density at radius 1 is 1.09 bits per heavy atom. The first-order chi connectivity index (χ1) is 10.4. The van der Waals surface area contributed by atoms with Crippen LogP contribution in [0.4, 0.5) is 11.4 Å². The summed E-state index contributed by atoms with van der Waals surface area (Å²) in [6.07, 6.45) is 0. The fourth-order valence-corrected chi connectivity index (χ4v) is 1.95. The van der Waals surface area contributed by atoms with Gasteiger partial charge in [-0.05, 0) is 24.6 Å². The molecule has 112 valence electrons. The largest absolute Gasteiger partial charge is 0.545 e. The Balaban J connectivity index is 2.38. The summed E-state index contributed by atoms with van der Waals surface area (Å²) in [4.78, 5) is 33.6. The summed E-state index contributed by atoms with van der Waals surface area (Å²) in [6, 6.07) is 9.80. The average molecular weight is 299 g/mol. The highest BCUT2D eigenvalue weighted by atomic mass is 16.6. The Hall–Kier alpha value is -3.22. The number of amides is 1. The van der Waals surface area contributed by atoms with E-state index in [1.807, 2.05) is 0 Å². The monoisotopic (exact) mass is 299 g/mol. The van der Waals surface area contributed by atoms with E-state index in [-0.39, 0.29) is 22.5 Å². The van der Waals surface area contributed by atoms with Crippen LogP contribution in [-0.2, 0) is 0 Å². The molecule has 7 heteroatoms. The first-order valence-corrected chi connectivity index (χ1v) is 6.27. The summed E-state index contributed by atoms with van der Waals surface area (Å²) in [6.45, 7) is 1.68. The van der Waals surface area contributed by atoms with E-state index in [4.69, 9.17) is 0 Å². The van der Waals surface area contributed by atoms with E-state index in [9.17, 15) is 24.8 Å². The van der Waals surface area contributed by atoms with E-state index in [0.717, 1.165) is 0 Å². The summed E-state index contributed by atoms with van der Waals surface area (Å²) < 4.78 is 0. The van der Waals surface area contributed by atoms with Crippen molar-refractivity contribution in [2.24, 2.45) is 0 Å². The molecule has 0 aliphatic heterocycles. The van der Waals surface area contributed by atoms with Gasteiger partial charge < -0.3 is 15.2 Å². The summed E-state index contributed by atoms with van der Waals surface area (Å²) in [7, 11) is 0. The molecular formula is C15H11N2O5-. The first-order valence-electron chi connectivity index (χ1n) is 6.27. The quantitative estimate of drug-likeness (QED) is 0.679. The molecule has 1 N–H and O–H groups in total. The minimum atomic E-state index is -1.50.